The van der Waals surface area contributed by atoms with Gasteiger partial charge in [0.15, 0.2) is 0 Å². The Morgan fingerprint density at radius 2 is 1.74 bits per heavy atom. The van der Waals surface area contributed by atoms with Crippen LogP contribution in [0.25, 0.3) is 5.69 Å². The number of rotatable bonds is 5. The Bertz CT molecular complexity index is 1560. The van der Waals surface area contributed by atoms with Gasteiger partial charge >= 0.3 is 6.03 Å². The van der Waals surface area contributed by atoms with E-state index in [0.29, 0.717) is 11.3 Å². The lowest BCUT2D eigenvalue weighted by molar-refractivity contribution is -0.119. The SMILES string of the molecule is Cc1cccc(C2c3cccn3-c3ccccc3N2C(=O)CN(C(=O)Nc2ccc(C#N)cc2)C2CC2)c1. The zero-order chi connectivity index (χ0) is 26.2. The highest BCUT2D eigenvalue weighted by atomic mass is 16.2. The predicted octanol–water partition coefficient (Wildman–Crippen LogP) is 5.79. The third-order valence-corrected chi connectivity index (χ3v) is 7.17. The fourth-order valence-corrected chi connectivity index (χ4v) is 5.22. The summed E-state index contributed by atoms with van der Waals surface area (Å²) in [4.78, 5) is 31.0. The van der Waals surface area contributed by atoms with Gasteiger partial charge in [-0.05, 0) is 73.9 Å². The Balaban J connectivity index is 1.34. The maximum Gasteiger partial charge on any atom is 0.322 e. The molecular weight excluding hydrogens is 474 g/mol. The summed E-state index contributed by atoms with van der Waals surface area (Å²) in [5.74, 6) is -0.140. The number of carbonyl (C=O) groups excluding carboxylic acids is 2. The standard InChI is InChI=1S/C31H27N5O2/c1-21-6-4-7-23(18-21)30-28-10-5-17-34(28)26-8-2-3-9-27(26)36(30)29(37)20-35(25-15-16-25)31(38)33-24-13-11-22(19-32)12-14-24/h2-14,17-18,25,30H,15-16,20H2,1H3,(H,33,38). The van der Waals surface area contributed by atoms with E-state index in [1.807, 2.05) is 60.5 Å². The van der Waals surface area contributed by atoms with E-state index in [1.54, 1.807) is 29.2 Å². The minimum atomic E-state index is -0.324. The lowest BCUT2D eigenvalue weighted by Gasteiger charge is -2.39. The normalized spacial score (nSPS) is 15.7. The monoisotopic (exact) mass is 501 g/mol. The highest BCUT2D eigenvalue weighted by molar-refractivity contribution is 6.01. The molecule has 1 atom stereocenters. The number of urea groups is 1. The van der Waals surface area contributed by atoms with Gasteiger partial charge in [-0.3, -0.25) is 9.69 Å². The van der Waals surface area contributed by atoms with Gasteiger partial charge in [0, 0.05) is 17.9 Å². The minimum absolute atomic E-state index is 0.0265. The van der Waals surface area contributed by atoms with Crippen LogP contribution in [0, 0.1) is 18.3 Å². The van der Waals surface area contributed by atoms with Gasteiger partial charge < -0.3 is 14.8 Å². The van der Waals surface area contributed by atoms with E-state index >= 15 is 0 Å². The molecule has 2 heterocycles. The van der Waals surface area contributed by atoms with Crippen LogP contribution in [0.4, 0.5) is 16.2 Å². The number of nitrogens with zero attached hydrogens (tertiary/aromatic N) is 4. The van der Waals surface area contributed by atoms with Crippen molar-refractivity contribution in [2.45, 2.75) is 31.8 Å². The number of amides is 3. The highest BCUT2D eigenvalue weighted by Crippen LogP contribution is 2.42. The van der Waals surface area contributed by atoms with Crippen molar-refractivity contribution >= 4 is 23.3 Å². The molecule has 2 aliphatic rings. The number of para-hydroxylation sites is 2. The Morgan fingerprint density at radius 1 is 0.974 bits per heavy atom. The van der Waals surface area contributed by atoms with Crippen LogP contribution in [-0.4, -0.2) is 34.0 Å². The first-order valence-electron chi connectivity index (χ1n) is 12.8. The number of fused-ring (bicyclic) bond motifs is 3. The molecule has 7 nitrogen and oxygen atoms in total. The fourth-order valence-electron chi connectivity index (χ4n) is 5.22. The second-order valence-corrected chi connectivity index (χ2v) is 9.85. The van der Waals surface area contributed by atoms with Gasteiger partial charge in [-0.2, -0.15) is 5.26 Å². The van der Waals surface area contributed by atoms with Crippen molar-refractivity contribution < 1.29 is 9.59 Å². The second kappa shape index (κ2) is 9.56. The molecule has 0 bridgehead atoms. The van der Waals surface area contributed by atoms with Gasteiger partial charge in [-0.25, -0.2) is 4.79 Å². The van der Waals surface area contributed by atoms with Crippen molar-refractivity contribution in [3.63, 3.8) is 0 Å². The summed E-state index contributed by atoms with van der Waals surface area (Å²) in [5.41, 5.74) is 6.00. The van der Waals surface area contributed by atoms with E-state index in [2.05, 4.69) is 34.2 Å². The molecule has 38 heavy (non-hydrogen) atoms. The Kier molecular flexibility index (Phi) is 5.93. The molecule has 188 valence electrons. The molecule has 1 unspecified atom stereocenters. The first-order valence-corrected chi connectivity index (χ1v) is 12.8. The van der Waals surface area contributed by atoms with Gasteiger partial charge in [0.2, 0.25) is 5.91 Å². The number of nitrogens with one attached hydrogen (secondary N) is 1. The Morgan fingerprint density at radius 3 is 2.45 bits per heavy atom. The molecule has 6 rings (SSSR count). The average molecular weight is 502 g/mol. The van der Waals surface area contributed by atoms with E-state index in [0.717, 1.165) is 41.0 Å². The summed E-state index contributed by atoms with van der Waals surface area (Å²) in [6.07, 6.45) is 3.77. The van der Waals surface area contributed by atoms with Gasteiger partial charge in [-0.1, -0.05) is 42.0 Å². The second-order valence-electron chi connectivity index (χ2n) is 9.85. The van der Waals surface area contributed by atoms with Crippen molar-refractivity contribution in [3.05, 3.63) is 114 Å². The number of benzene rings is 3. The zero-order valence-corrected chi connectivity index (χ0v) is 21.0. The molecule has 3 amide bonds. The third kappa shape index (κ3) is 4.31. The lowest BCUT2D eigenvalue weighted by atomic mass is 9.96. The van der Waals surface area contributed by atoms with Crippen LogP contribution in [0.5, 0.6) is 0 Å². The van der Waals surface area contributed by atoms with Crippen LogP contribution in [0.1, 0.15) is 41.3 Å². The van der Waals surface area contributed by atoms with E-state index in [-0.39, 0.29) is 30.6 Å². The molecular formula is C31H27N5O2. The molecule has 4 aromatic rings. The van der Waals surface area contributed by atoms with E-state index in [4.69, 9.17) is 5.26 Å². The van der Waals surface area contributed by atoms with Gasteiger partial charge in [0.25, 0.3) is 0 Å². The Labute approximate surface area is 221 Å². The topological polar surface area (TPSA) is 81.4 Å². The average Bonchev–Trinajstić information content (AvgIpc) is 3.66. The smallest absolute Gasteiger partial charge is 0.316 e. The number of anilines is 2. The van der Waals surface area contributed by atoms with Crippen molar-refractivity contribution in [1.29, 1.82) is 5.26 Å². The molecule has 1 aliphatic heterocycles. The summed E-state index contributed by atoms with van der Waals surface area (Å²) in [6, 6.07) is 28.4. The van der Waals surface area contributed by atoms with Gasteiger partial charge in [-0.15, -0.1) is 0 Å². The van der Waals surface area contributed by atoms with Gasteiger partial charge in [0.05, 0.1) is 28.7 Å². The number of aromatic nitrogens is 1. The number of aryl methyl sites for hydroxylation is 1. The molecule has 1 fully saturated rings. The van der Waals surface area contributed by atoms with Gasteiger partial charge in [0.1, 0.15) is 12.6 Å². The van der Waals surface area contributed by atoms with Crippen molar-refractivity contribution in [2.24, 2.45) is 0 Å². The van der Waals surface area contributed by atoms with Crippen LogP contribution in [0.15, 0.2) is 91.1 Å². The Hall–Kier alpha value is -4.83. The molecule has 7 heteroatoms. The molecule has 0 spiro atoms. The highest BCUT2D eigenvalue weighted by Gasteiger charge is 2.40. The molecule has 1 N–H and O–H groups in total. The van der Waals surface area contributed by atoms with Crippen molar-refractivity contribution in [1.82, 2.24) is 9.47 Å². The number of nitriles is 1. The molecule has 0 radical (unpaired) electrons. The molecule has 1 aromatic heterocycles. The summed E-state index contributed by atoms with van der Waals surface area (Å²) < 4.78 is 2.14. The maximum atomic E-state index is 14.2. The maximum absolute atomic E-state index is 14.2. The van der Waals surface area contributed by atoms with Crippen LogP contribution >= 0.6 is 0 Å². The minimum Gasteiger partial charge on any atom is -0.316 e. The van der Waals surface area contributed by atoms with Crippen LogP contribution < -0.4 is 10.2 Å². The molecule has 1 aliphatic carbocycles. The largest absolute Gasteiger partial charge is 0.322 e. The van der Waals surface area contributed by atoms with E-state index in [1.165, 1.54) is 0 Å². The summed E-state index contributed by atoms with van der Waals surface area (Å²) in [6.45, 7) is 2.01. The number of carbonyl (C=O) groups is 2. The van der Waals surface area contributed by atoms with E-state index in [9.17, 15) is 9.59 Å². The summed E-state index contributed by atoms with van der Waals surface area (Å²) in [7, 11) is 0. The van der Waals surface area contributed by atoms with E-state index < -0.39 is 0 Å². The zero-order valence-electron chi connectivity index (χ0n) is 21.0. The van der Waals surface area contributed by atoms with Crippen LogP contribution in [-0.2, 0) is 4.79 Å². The lowest BCUT2D eigenvalue weighted by Crippen LogP contribution is -2.48. The number of hydrogen-bond acceptors (Lipinski definition) is 3. The quantitative estimate of drug-likeness (QED) is 0.376. The third-order valence-electron chi connectivity index (χ3n) is 7.17. The van der Waals surface area contributed by atoms with Crippen LogP contribution in [0.3, 0.4) is 0 Å². The van der Waals surface area contributed by atoms with Crippen molar-refractivity contribution in [3.8, 4) is 11.8 Å². The molecule has 1 saturated carbocycles. The molecule has 0 saturated heterocycles. The molecule has 3 aromatic carbocycles. The summed E-state index contributed by atoms with van der Waals surface area (Å²) in [5, 5.41) is 12.0. The van der Waals surface area contributed by atoms with Crippen molar-refractivity contribution in [2.75, 3.05) is 16.8 Å². The summed E-state index contributed by atoms with van der Waals surface area (Å²) >= 11 is 0. The number of hydrogen-bond donors (Lipinski definition) is 1. The predicted molar refractivity (Wildman–Crippen MR) is 146 cm³/mol. The van der Waals surface area contributed by atoms with Crippen LogP contribution in [0.2, 0.25) is 0 Å². The fraction of sp³-hybridized carbons (Fsp3) is 0.194. The first kappa shape index (κ1) is 23.6. The first-order chi connectivity index (χ1) is 18.5.